The summed E-state index contributed by atoms with van der Waals surface area (Å²) in [5.41, 5.74) is 2.43. The molecule has 0 heterocycles. The number of carbonyl (C=O) groups excluding carboxylic acids is 1. The van der Waals surface area contributed by atoms with E-state index < -0.39 is 6.09 Å². The number of aryl methyl sites for hydroxylation is 1. The van der Waals surface area contributed by atoms with Gasteiger partial charge in [-0.3, -0.25) is 0 Å². The largest absolute Gasteiger partial charge is 0.449 e. The van der Waals surface area contributed by atoms with Crippen molar-refractivity contribution in [2.45, 2.75) is 26.2 Å². The van der Waals surface area contributed by atoms with Gasteiger partial charge in [0, 0.05) is 26.2 Å². The zero-order valence-corrected chi connectivity index (χ0v) is 12.6. The Balaban J connectivity index is 2.20. The molecule has 0 radical (unpaired) electrons. The minimum Gasteiger partial charge on any atom is -0.449 e. The van der Waals surface area contributed by atoms with Crippen LogP contribution >= 0.6 is 0 Å². The Hall–Kier alpha value is -1.59. The van der Waals surface area contributed by atoms with Gasteiger partial charge in [0.2, 0.25) is 0 Å². The molecular formula is C16H25NO4. The monoisotopic (exact) mass is 295 g/mol. The molecule has 0 saturated carbocycles. The molecule has 0 aliphatic carbocycles. The Morgan fingerprint density at radius 3 is 2.43 bits per heavy atom. The molecule has 0 atom stereocenters. The summed E-state index contributed by atoms with van der Waals surface area (Å²) in [4.78, 5) is 11.2. The maximum Gasteiger partial charge on any atom is 0.407 e. The maximum atomic E-state index is 11.2. The first kappa shape index (κ1) is 17.5. The van der Waals surface area contributed by atoms with Crippen LogP contribution < -0.4 is 5.32 Å². The quantitative estimate of drug-likeness (QED) is 0.647. The van der Waals surface area contributed by atoms with Crippen molar-refractivity contribution in [2.24, 2.45) is 0 Å². The molecule has 0 aromatic heterocycles. The molecule has 1 rings (SSSR count). The lowest BCUT2D eigenvalue weighted by molar-refractivity contribution is 0.144. The Morgan fingerprint density at radius 2 is 1.81 bits per heavy atom. The van der Waals surface area contributed by atoms with E-state index in [1.54, 1.807) is 0 Å². The predicted octanol–water partition coefficient (Wildman–Crippen LogP) is 1.92. The number of hydrogen-bond acceptors (Lipinski definition) is 4. The molecule has 0 bridgehead atoms. The van der Waals surface area contributed by atoms with E-state index in [1.807, 2.05) is 6.92 Å². The van der Waals surface area contributed by atoms with Crippen molar-refractivity contribution in [3.63, 3.8) is 0 Å². The molecule has 0 unspecified atom stereocenters. The molecule has 5 nitrogen and oxygen atoms in total. The Bertz CT molecular complexity index is 392. The molecular weight excluding hydrogens is 270 g/mol. The van der Waals surface area contributed by atoms with E-state index in [0.717, 1.165) is 31.6 Å². The van der Waals surface area contributed by atoms with Crippen molar-refractivity contribution in [1.82, 2.24) is 5.32 Å². The van der Waals surface area contributed by atoms with E-state index in [9.17, 15) is 4.79 Å². The van der Waals surface area contributed by atoms with E-state index in [-0.39, 0.29) is 13.2 Å². The lowest BCUT2D eigenvalue weighted by atomic mass is 10.1. The van der Waals surface area contributed by atoms with Crippen molar-refractivity contribution in [3.8, 4) is 0 Å². The lowest BCUT2D eigenvalue weighted by Crippen LogP contribution is -2.27. The van der Waals surface area contributed by atoms with Gasteiger partial charge in [-0.2, -0.15) is 0 Å². The number of benzene rings is 1. The number of hydrogen-bond donors (Lipinski definition) is 2. The summed E-state index contributed by atoms with van der Waals surface area (Å²) >= 11 is 0. The van der Waals surface area contributed by atoms with Gasteiger partial charge in [0.15, 0.2) is 0 Å². The second-order valence-corrected chi connectivity index (χ2v) is 4.65. The number of nitrogens with one attached hydrogen (secondary N) is 1. The van der Waals surface area contributed by atoms with E-state index >= 15 is 0 Å². The number of ether oxygens (including phenoxy) is 2. The second kappa shape index (κ2) is 11.1. The topological polar surface area (TPSA) is 67.8 Å². The third-order valence-corrected chi connectivity index (χ3v) is 2.99. The van der Waals surface area contributed by atoms with Crippen LogP contribution in [0.25, 0.3) is 0 Å². The zero-order valence-electron chi connectivity index (χ0n) is 12.6. The van der Waals surface area contributed by atoms with Crippen LogP contribution in [0.2, 0.25) is 0 Å². The normalized spacial score (nSPS) is 10.4. The van der Waals surface area contributed by atoms with Gasteiger partial charge in [-0.15, -0.1) is 0 Å². The fourth-order valence-corrected chi connectivity index (χ4v) is 1.87. The molecule has 1 amide bonds. The highest BCUT2D eigenvalue weighted by Crippen LogP contribution is 2.08. The summed E-state index contributed by atoms with van der Waals surface area (Å²) in [5, 5.41) is 11.0. The number of carbonyl (C=O) groups is 1. The van der Waals surface area contributed by atoms with Crippen molar-refractivity contribution in [1.29, 1.82) is 0 Å². The van der Waals surface area contributed by atoms with Crippen LogP contribution in [0.1, 0.15) is 24.5 Å². The molecule has 21 heavy (non-hydrogen) atoms. The number of alkyl carbamates (subject to hydrolysis) is 1. The second-order valence-electron chi connectivity index (χ2n) is 4.65. The van der Waals surface area contributed by atoms with Gasteiger partial charge >= 0.3 is 6.09 Å². The van der Waals surface area contributed by atoms with Crippen LogP contribution in [0.5, 0.6) is 0 Å². The lowest BCUT2D eigenvalue weighted by Gasteiger charge is -2.07. The van der Waals surface area contributed by atoms with E-state index in [2.05, 4.69) is 29.6 Å². The summed E-state index contributed by atoms with van der Waals surface area (Å²) < 4.78 is 10.3. The molecule has 0 aliphatic rings. The summed E-state index contributed by atoms with van der Waals surface area (Å²) in [5.74, 6) is 0. The van der Waals surface area contributed by atoms with Crippen molar-refractivity contribution in [2.75, 3.05) is 33.0 Å². The van der Waals surface area contributed by atoms with Crippen LogP contribution in [-0.2, 0) is 22.3 Å². The van der Waals surface area contributed by atoms with Gasteiger partial charge < -0.3 is 19.9 Å². The fourth-order valence-electron chi connectivity index (χ4n) is 1.87. The van der Waals surface area contributed by atoms with Gasteiger partial charge in [0.1, 0.15) is 0 Å². The number of aliphatic hydroxyl groups excluding tert-OH is 1. The molecule has 5 heteroatoms. The van der Waals surface area contributed by atoms with Crippen molar-refractivity contribution >= 4 is 6.09 Å². The zero-order chi connectivity index (χ0) is 15.3. The first-order chi connectivity index (χ1) is 10.3. The van der Waals surface area contributed by atoms with Crippen LogP contribution in [0.15, 0.2) is 24.3 Å². The van der Waals surface area contributed by atoms with Gasteiger partial charge in [0.25, 0.3) is 0 Å². The molecule has 0 fully saturated rings. The van der Waals surface area contributed by atoms with Gasteiger partial charge in [-0.1, -0.05) is 24.3 Å². The smallest absolute Gasteiger partial charge is 0.407 e. The Labute approximate surface area is 126 Å². The third-order valence-electron chi connectivity index (χ3n) is 2.99. The highest BCUT2D eigenvalue weighted by molar-refractivity contribution is 5.67. The summed E-state index contributed by atoms with van der Waals surface area (Å²) in [6, 6.07) is 8.33. The highest BCUT2D eigenvalue weighted by Gasteiger charge is 2.01. The SMILES string of the molecule is CCOCCCc1ccc(CCOC(=O)NCCO)cc1. The van der Waals surface area contributed by atoms with Crippen LogP contribution in [0.3, 0.4) is 0 Å². The van der Waals surface area contributed by atoms with Crippen molar-refractivity contribution < 1.29 is 19.4 Å². The molecule has 0 saturated heterocycles. The maximum absolute atomic E-state index is 11.2. The average Bonchev–Trinajstić information content (AvgIpc) is 2.51. The van der Waals surface area contributed by atoms with Gasteiger partial charge in [-0.05, 0) is 30.9 Å². The predicted molar refractivity (Wildman–Crippen MR) is 81.4 cm³/mol. The van der Waals surface area contributed by atoms with Crippen molar-refractivity contribution in [3.05, 3.63) is 35.4 Å². The Kier molecular flexibility index (Phi) is 9.24. The number of aliphatic hydroxyl groups is 1. The van der Waals surface area contributed by atoms with Crippen LogP contribution in [-0.4, -0.2) is 44.2 Å². The first-order valence-electron chi connectivity index (χ1n) is 7.43. The van der Waals surface area contributed by atoms with E-state index in [0.29, 0.717) is 13.0 Å². The summed E-state index contributed by atoms with van der Waals surface area (Å²) in [6.45, 7) is 4.04. The van der Waals surface area contributed by atoms with E-state index in [1.165, 1.54) is 5.56 Å². The number of amides is 1. The molecule has 1 aromatic carbocycles. The molecule has 1 aromatic rings. The van der Waals surface area contributed by atoms with Crippen LogP contribution in [0, 0.1) is 0 Å². The minimum atomic E-state index is -0.489. The summed E-state index contributed by atoms with van der Waals surface area (Å²) in [7, 11) is 0. The summed E-state index contributed by atoms with van der Waals surface area (Å²) in [6.07, 6.45) is 2.24. The molecule has 0 spiro atoms. The number of rotatable bonds is 10. The standard InChI is InChI=1S/C16H25NO4/c1-2-20-12-3-4-14-5-7-15(8-6-14)9-13-21-16(19)17-10-11-18/h5-8,18H,2-4,9-13H2,1H3,(H,17,19). The third kappa shape index (κ3) is 8.32. The minimum absolute atomic E-state index is 0.0835. The fraction of sp³-hybridized carbons (Fsp3) is 0.562. The molecule has 118 valence electrons. The van der Waals surface area contributed by atoms with Crippen LogP contribution in [0.4, 0.5) is 4.79 Å². The average molecular weight is 295 g/mol. The van der Waals surface area contributed by atoms with Gasteiger partial charge in [0.05, 0.1) is 13.2 Å². The Morgan fingerprint density at radius 1 is 1.14 bits per heavy atom. The molecule has 0 aliphatic heterocycles. The molecule has 2 N–H and O–H groups in total. The first-order valence-corrected chi connectivity index (χ1v) is 7.43. The van der Waals surface area contributed by atoms with E-state index in [4.69, 9.17) is 14.6 Å². The highest BCUT2D eigenvalue weighted by atomic mass is 16.5. The van der Waals surface area contributed by atoms with Gasteiger partial charge in [-0.25, -0.2) is 4.79 Å².